The summed E-state index contributed by atoms with van der Waals surface area (Å²) in [5.41, 5.74) is 0. The van der Waals surface area contributed by atoms with Gasteiger partial charge in [-0.05, 0) is 38.2 Å². The summed E-state index contributed by atoms with van der Waals surface area (Å²) in [5.74, 6) is 2.02. The quantitative estimate of drug-likeness (QED) is 0.415. The zero-order valence-electron chi connectivity index (χ0n) is 12.1. The standard InChI is InChI=1S/C13H26N4OS/c1-3-14-13(15-7-6-10-19-2)16-11-12(18)17-8-4-5-9-17/h3-11H2,1-2H3,(H2,14,15,16). The van der Waals surface area contributed by atoms with Crippen molar-refractivity contribution in [3.8, 4) is 0 Å². The van der Waals surface area contributed by atoms with Crippen LogP contribution in [0, 0.1) is 0 Å². The Kier molecular flexibility index (Phi) is 8.45. The third-order valence-electron chi connectivity index (χ3n) is 2.99. The molecule has 1 rings (SSSR count). The van der Waals surface area contributed by atoms with Crippen LogP contribution in [0.15, 0.2) is 4.99 Å². The molecule has 0 aliphatic carbocycles. The van der Waals surface area contributed by atoms with Crippen LogP contribution in [0.25, 0.3) is 0 Å². The van der Waals surface area contributed by atoms with Gasteiger partial charge < -0.3 is 15.5 Å². The molecule has 1 heterocycles. The van der Waals surface area contributed by atoms with Crippen LogP contribution in [-0.2, 0) is 4.79 Å². The van der Waals surface area contributed by atoms with E-state index in [1.54, 1.807) is 0 Å². The van der Waals surface area contributed by atoms with Crippen molar-refractivity contribution in [1.29, 1.82) is 0 Å². The molecule has 0 saturated carbocycles. The van der Waals surface area contributed by atoms with Gasteiger partial charge in [0.05, 0.1) is 0 Å². The lowest BCUT2D eigenvalue weighted by molar-refractivity contribution is -0.128. The van der Waals surface area contributed by atoms with Gasteiger partial charge >= 0.3 is 0 Å². The molecule has 1 amide bonds. The Morgan fingerprint density at radius 2 is 2.05 bits per heavy atom. The summed E-state index contributed by atoms with van der Waals surface area (Å²) in [5, 5.41) is 6.42. The van der Waals surface area contributed by atoms with Crippen LogP contribution in [0.1, 0.15) is 26.2 Å². The first-order valence-electron chi connectivity index (χ1n) is 7.06. The zero-order chi connectivity index (χ0) is 13.9. The summed E-state index contributed by atoms with van der Waals surface area (Å²) in [6.07, 6.45) is 5.46. The molecule has 110 valence electrons. The minimum Gasteiger partial charge on any atom is -0.357 e. The Balaban J connectivity index is 2.31. The van der Waals surface area contributed by atoms with Crippen molar-refractivity contribution in [2.45, 2.75) is 26.2 Å². The predicted octanol–water partition coefficient (Wildman–Crippen LogP) is 0.917. The molecule has 0 spiro atoms. The van der Waals surface area contributed by atoms with Crippen molar-refractivity contribution in [2.24, 2.45) is 4.99 Å². The van der Waals surface area contributed by atoms with Gasteiger partial charge in [0.15, 0.2) is 5.96 Å². The fourth-order valence-electron chi connectivity index (χ4n) is 1.98. The highest BCUT2D eigenvalue weighted by Crippen LogP contribution is 2.07. The number of rotatable bonds is 7. The average molecular weight is 286 g/mol. The number of guanidine groups is 1. The van der Waals surface area contributed by atoms with E-state index in [4.69, 9.17) is 0 Å². The van der Waals surface area contributed by atoms with Crippen molar-refractivity contribution < 1.29 is 4.79 Å². The van der Waals surface area contributed by atoms with Gasteiger partial charge in [0.2, 0.25) is 5.91 Å². The lowest BCUT2D eigenvalue weighted by Gasteiger charge is -2.15. The maximum atomic E-state index is 11.9. The number of amides is 1. The van der Waals surface area contributed by atoms with E-state index in [-0.39, 0.29) is 12.5 Å². The van der Waals surface area contributed by atoms with Gasteiger partial charge in [-0.2, -0.15) is 11.8 Å². The molecular formula is C13H26N4OS. The molecule has 6 heteroatoms. The normalized spacial score (nSPS) is 15.7. The van der Waals surface area contributed by atoms with Crippen LogP contribution >= 0.6 is 11.8 Å². The molecular weight excluding hydrogens is 260 g/mol. The fraction of sp³-hybridized carbons (Fsp3) is 0.846. The van der Waals surface area contributed by atoms with Crippen LogP contribution in [0.4, 0.5) is 0 Å². The number of thioether (sulfide) groups is 1. The number of aliphatic imine (C=N–C) groups is 1. The highest BCUT2D eigenvalue weighted by atomic mass is 32.2. The predicted molar refractivity (Wildman–Crippen MR) is 82.8 cm³/mol. The highest BCUT2D eigenvalue weighted by Gasteiger charge is 2.17. The van der Waals surface area contributed by atoms with Gasteiger partial charge in [0.25, 0.3) is 0 Å². The van der Waals surface area contributed by atoms with Crippen LogP contribution in [0.3, 0.4) is 0 Å². The fourth-order valence-corrected chi connectivity index (χ4v) is 2.41. The Labute approximate surface area is 120 Å². The van der Waals surface area contributed by atoms with Crippen molar-refractivity contribution in [3.05, 3.63) is 0 Å². The first-order valence-corrected chi connectivity index (χ1v) is 8.46. The second-order valence-electron chi connectivity index (χ2n) is 4.56. The van der Waals surface area contributed by atoms with Crippen molar-refractivity contribution >= 4 is 23.6 Å². The maximum absolute atomic E-state index is 11.9. The van der Waals surface area contributed by atoms with E-state index < -0.39 is 0 Å². The van der Waals surface area contributed by atoms with E-state index in [0.717, 1.165) is 57.2 Å². The van der Waals surface area contributed by atoms with Gasteiger partial charge in [0.1, 0.15) is 6.54 Å². The Morgan fingerprint density at radius 1 is 1.32 bits per heavy atom. The molecule has 0 aromatic rings. The lowest BCUT2D eigenvalue weighted by atomic mass is 10.4. The van der Waals surface area contributed by atoms with Gasteiger partial charge in [-0.15, -0.1) is 0 Å². The summed E-state index contributed by atoms with van der Waals surface area (Å²) >= 11 is 1.84. The number of likely N-dealkylation sites (tertiary alicyclic amines) is 1. The first kappa shape index (κ1) is 16.1. The number of nitrogens with zero attached hydrogens (tertiary/aromatic N) is 2. The van der Waals surface area contributed by atoms with Gasteiger partial charge in [-0.3, -0.25) is 4.79 Å². The third kappa shape index (κ3) is 6.71. The van der Waals surface area contributed by atoms with E-state index in [0.29, 0.717) is 0 Å². The summed E-state index contributed by atoms with van der Waals surface area (Å²) in [7, 11) is 0. The van der Waals surface area contributed by atoms with Crippen LogP contribution in [0.2, 0.25) is 0 Å². The number of carbonyl (C=O) groups is 1. The minimum absolute atomic E-state index is 0.138. The average Bonchev–Trinajstić information content (AvgIpc) is 2.94. The molecule has 0 unspecified atom stereocenters. The summed E-state index contributed by atoms with van der Waals surface area (Å²) in [4.78, 5) is 18.1. The summed E-state index contributed by atoms with van der Waals surface area (Å²) < 4.78 is 0. The molecule has 2 N–H and O–H groups in total. The van der Waals surface area contributed by atoms with Gasteiger partial charge in [-0.1, -0.05) is 0 Å². The molecule has 0 aromatic carbocycles. The molecule has 0 atom stereocenters. The van der Waals surface area contributed by atoms with Crippen molar-refractivity contribution in [1.82, 2.24) is 15.5 Å². The van der Waals surface area contributed by atoms with Crippen molar-refractivity contribution in [2.75, 3.05) is 44.7 Å². The monoisotopic (exact) mass is 286 g/mol. The molecule has 0 radical (unpaired) electrons. The second-order valence-corrected chi connectivity index (χ2v) is 5.54. The SMILES string of the molecule is CCNC(=NCC(=O)N1CCCC1)NCCCSC. The second kappa shape index (κ2) is 9.95. The highest BCUT2D eigenvalue weighted by molar-refractivity contribution is 7.98. The first-order chi connectivity index (χ1) is 9.27. The largest absolute Gasteiger partial charge is 0.357 e. The van der Waals surface area contributed by atoms with Crippen LogP contribution < -0.4 is 10.6 Å². The smallest absolute Gasteiger partial charge is 0.244 e. The van der Waals surface area contributed by atoms with E-state index in [2.05, 4.69) is 21.9 Å². The molecule has 19 heavy (non-hydrogen) atoms. The van der Waals surface area contributed by atoms with E-state index in [1.165, 1.54) is 0 Å². The van der Waals surface area contributed by atoms with Gasteiger partial charge in [0, 0.05) is 26.2 Å². The van der Waals surface area contributed by atoms with Crippen LogP contribution in [-0.4, -0.2) is 61.5 Å². The van der Waals surface area contributed by atoms with E-state index >= 15 is 0 Å². The summed E-state index contributed by atoms with van der Waals surface area (Å²) in [6, 6.07) is 0. The third-order valence-corrected chi connectivity index (χ3v) is 3.69. The lowest BCUT2D eigenvalue weighted by Crippen LogP contribution is -2.39. The Bertz CT molecular complexity index is 290. The van der Waals surface area contributed by atoms with Gasteiger partial charge in [-0.25, -0.2) is 4.99 Å². The molecule has 1 saturated heterocycles. The van der Waals surface area contributed by atoms with E-state index in [1.807, 2.05) is 23.6 Å². The molecule has 0 aromatic heterocycles. The Hall–Kier alpha value is -0.910. The zero-order valence-corrected chi connectivity index (χ0v) is 12.9. The molecule has 1 fully saturated rings. The minimum atomic E-state index is 0.138. The van der Waals surface area contributed by atoms with E-state index in [9.17, 15) is 4.79 Å². The Morgan fingerprint density at radius 3 is 2.68 bits per heavy atom. The number of nitrogens with one attached hydrogen (secondary N) is 2. The molecule has 5 nitrogen and oxygen atoms in total. The topological polar surface area (TPSA) is 56.7 Å². The summed E-state index contributed by atoms with van der Waals surface area (Å²) in [6.45, 7) is 5.77. The van der Waals surface area contributed by atoms with Crippen molar-refractivity contribution in [3.63, 3.8) is 0 Å². The number of carbonyl (C=O) groups excluding carboxylic acids is 1. The molecule has 0 bridgehead atoms. The maximum Gasteiger partial charge on any atom is 0.244 e. The number of hydrogen-bond donors (Lipinski definition) is 2. The molecule has 1 aliphatic rings. The number of hydrogen-bond acceptors (Lipinski definition) is 3. The van der Waals surface area contributed by atoms with Crippen LogP contribution in [0.5, 0.6) is 0 Å². The molecule has 1 aliphatic heterocycles.